The summed E-state index contributed by atoms with van der Waals surface area (Å²) in [6, 6.07) is 0. The monoisotopic (exact) mass is 636 g/mol. The number of halogens is 2. The minimum atomic E-state index is -1.33. The molecule has 5 rings (SSSR count). The van der Waals surface area contributed by atoms with Crippen LogP contribution in [0.1, 0.15) is 90.9 Å². The van der Waals surface area contributed by atoms with Crippen molar-refractivity contribution in [1.29, 1.82) is 0 Å². The van der Waals surface area contributed by atoms with Crippen molar-refractivity contribution in [1.82, 2.24) is 0 Å². The summed E-state index contributed by atoms with van der Waals surface area (Å²) in [4.78, 5) is 0. The zero-order valence-electron chi connectivity index (χ0n) is 19.2. The first kappa shape index (κ1) is 22.6. The fourth-order valence-electron chi connectivity index (χ4n) is 9.13. The molecular weight excluding hydrogens is 594 g/mol. The van der Waals surface area contributed by atoms with Gasteiger partial charge in [0.15, 0.2) is 0 Å². The van der Waals surface area contributed by atoms with Gasteiger partial charge in [-0.05, 0) is 0 Å². The number of hydrogen-bond donors (Lipinski definition) is 0. The third-order valence-corrected chi connectivity index (χ3v) is 15.6. The first-order chi connectivity index (χ1) is 14.6. The van der Waals surface area contributed by atoms with E-state index in [1.807, 2.05) is 12.4 Å². The summed E-state index contributed by atoms with van der Waals surface area (Å²) in [7, 11) is 0. The van der Waals surface area contributed by atoms with Crippen LogP contribution in [0.5, 0.6) is 0 Å². The molecule has 0 aromatic rings. The van der Waals surface area contributed by atoms with Crippen molar-refractivity contribution >= 4 is 55.4 Å². The Hall–Kier alpha value is 0.800. The molecule has 170 valence electrons. The second-order valence-corrected chi connectivity index (χ2v) is 16.4. The minimum absolute atomic E-state index is 0.639. The van der Waals surface area contributed by atoms with E-state index in [1.165, 1.54) is 53.8 Å². The molecule has 4 heteroatoms. The van der Waals surface area contributed by atoms with E-state index in [0.717, 1.165) is 35.5 Å². The Kier molecular flexibility index (Phi) is 6.93. The van der Waals surface area contributed by atoms with Gasteiger partial charge in [-0.2, -0.15) is 0 Å². The van der Waals surface area contributed by atoms with E-state index >= 15 is 0 Å². The molecule has 0 N–H and O–H groups in total. The Labute approximate surface area is 206 Å². The molecule has 0 radical (unpaired) electrons. The van der Waals surface area contributed by atoms with Crippen LogP contribution in [0.25, 0.3) is 0 Å². The van der Waals surface area contributed by atoms with Gasteiger partial charge in [0.1, 0.15) is 0 Å². The fraction of sp³-hybridized carbons (Fsp3) is 0.923. The van der Waals surface area contributed by atoms with Crippen molar-refractivity contribution in [3.8, 4) is 0 Å². The molecule has 0 amide bonds. The van der Waals surface area contributed by atoms with E-state index in [4.69, 9.17) is 0 Å². The standard InChI is InChI=1S/C26H42I2N2/c1-3-11-26(18-27)13-9-21-19(17-26)4-6-23-22(21)8-12-25(2)20(5-7-24(23)25)10-14-28-29-15-16-30-28/h15-16,19-24H,3-14,17-18H2,1-2H3/t19-,20+,21-,22+,23+,24-,25+,26+/m0/s1. The molecule has 0 aromatic heterocycles. The Bertz CT molecular complexity index is 666. The second-order valence-electron chi connectivity index (χ2n) is 11.7. The quantitative estimate of drug-likeness (QED) is 0.207. The van der Waals surface area contributed by atoms with E-state index in [2.05, 4.69) is 42.8 Å². The second kappa shape index (κ2) is 9.21. The third-order valence-electron chi connectivity index (χ3n) is 10.5. The maximum atomic E-state index is 4.67. The van der Waals surface area contributed by atoms with E-state index in [0.29, 0.717) is 10.8 Å². The molecule has 0 bridgehead atoms. The van der Waals surface area contributed by atoms with E-state index in [1.54, 1.807) is 32.1 Å². The predicted octanol–water partition coefficient (Wildman–Crippen LogP) is 8.36. The molecule has 0 spiro atoms. The Morgan fingerprint density at radius 1 is 0.967 bits per heavy atom. The topological polar surface area (TPSA) is 24.7 Å². The normalized spacial score (nSPS) is 48.4. The molecule has 0 saturated heterocycles. The van der Waals surface area contributed by atoms with Crippen molar-refractivity contribution in [2.45, 2.75) is 90.9 Å². The number of alkyl halides is 2. The molecule has 5 aliphatic rings. The SMILES string of the molecule is CCC[C@@]1(CI)CC[C@H]2[C@@H](CC[C@@H]3[C@@H]2CC[C@]2(C)[C@@H](CCI4N=CC=N4)CC[C@@H]32)C1. The first-order valence-corrected chi connectivity index (χ1v) is 17.9. The van der Waals surface area contributed by atoms with Gasteiger partial charge in [0, 0.05) is 0 Å². The zero-order valence-corrected chi connectivity index (χ0v) is 23.5. The van der Waals surface area contributed by atoms with Gasteiger partial charge in [0.25, 0.3) is 0 Å². The summed E-state index contributed by atoms with van der Waals surface area (Å²) in [5.41, 5.74) is 1.33. The maximum absolute atomic E-state index is 4.67. The van der Waals surface area contributed by atoms with E-state index in [9.17, 15) is 0 Å². The molecule has 0 aromatic carbocycles. The van der Waals surface area contributed by atoms with Gasteiger partial charge in [0.2, 0.25) is 0 Å². The van der Waals surface area contributed by atoms with Crippen molar-refractivity contribution in [2.24, 2.45) is 52.7 Å². The number of fused-ring (bicyclic) bond motifs is 5. The van der Waals surface area contributed by atoms with Gasteiger partial charge < -0.3 is 0 Å². The van der Waals surface area contributed by atoms with E-state index in [-0.39, 0.29) is 0 Å². The van der Waals surface area contributed by atoms with Crippen LogP contribution in [0.15, 0.2) is 6.41 Å². The number of nitrogens with zero attached hydrogens (tertiary/aromatic N) is 2. The first-order valence-electron chi connectivity index (χ1n) is 12.9. The van der Waals surface area contributed by atoms with Crippen molar-refractivity contribution < 1.29 is 0 Å². The van der Waals surface area contributed by atoms with Gasteiger partial charge in [-0.3, -0.25) is 0 Å². The average molecular weight is 636 g/mol. The fourth-order valence-corrected chi connectivity index (χ4v) is 13.2. The molecule has 1 aliphatic heterocycles. The number of rotatable bonds is 6. The van der Waals surface area contributed by atoms with Gasteiger partial charge in [-0.1, -0.05) is 35.9 Å². The van der Waals surface area contributed by atoms with Crippen LogP contribution < -0.4 is 0 Å². The Balaban J connectivity index is 1.25. The molecule has 4 aliphatic carbocycles. The predicted molar refractivity (Wildman–Crippen MR) is 147 cm³/mol. The molecule has 1 heterocycles. The summed E-state index contributed by atoms with van der Waals surface area (Å²) < 4.78 is 12.1. The van der Waals surface area contributed by atoms with Crippen LogP contribution in [0.2, 0.25) is 0 Å². The van der Waals surface area contributed by atoms with Crippen LogP contribution in [-0.4, -0.2) is 21.3 Å². The molecule has 0 unspecified atom stereocenters. The molecule has 2 nitrogen and oxygen atoms in total. The molecule has 30 heavy (non-hydrogen) atoms. The summed E-state index contributed by atoms with van der Waals surface area (Å²) in [5, 5.41) is 0. The number of hydrogen-bond acceptors (Lipinski definition) is 2. The summed E-state index contributed by atoms with van der Waals surface area (Å²) in [5.74, 6) is 6.28. The van der Waals surface area contributed by atoms with E-state index < -0.39 is 20.4 Å². The van der Waals surface area contributed by atoms with Crippen LogP contribution in [0, 0.1) is 46.3 Å². The van der Waals surface area contributed by atoms with Crippen LogP contribution in [-0.2, 0) is 0 Å². The average Bonchev–Trinajstić information content (AvgIpc) is 3.39. The molecule has 4 saturated carbocycles. The van der Waals surface area contributed by atoms with Crippen LogP contribution in [0.3, 0.4) is 0 Å². The molecule has 8 atom stereocenters. The summed E-state index contributed by atoms with van der Waals surface area (Å²) in [6.45, 7) is 5.12. The Morgan fingerprint density at radius 2 is 1.77 bits per heavy atom. The van der Waals surface area contributed by atoms with Gasteiger partial charge in [-0.25, -0.2) is 0 Å². The van der Waals surface area contributed by atoms with Crippen molar-refractivity contribution in [2.75, 3.05) is 8.86 Å². The van der Waals surface area contributed by atoms with Crippen LogP contribution >= 0.6 is 43.0 Å². The summed E-state index contributed by atoms with van der Waals surface area (Å²) in [6.07, 6.45) is 22.1. The van der Waals surface area contributed by atoms with Gasteiger partial charge in [-0.15, -0.1) is 0 Å². The zero-order chi connectivity index (χ0) is 20.8. The van der Waals surface area contributed by atoms with Crippen LogP contribution in [0.4, 0.5) is 0 Å². The Morgan fingerprint density at radius 3 is 2.53 bits per heavy atom. The van der Waals surface area contributed by atoms with Gasteiger partial charge >= 0.3 is 172 Å². The summed E-state index contributed by atoms with van der Waals surface area (Å²) >= 11 is 1.39. The molecular formula is C26H42I2N2. The van der Waals surface area contributed by atoms with Crippen molar-refractivity contribution in [3.63, 3.8) is 0 Å². The molecule has 4 fully saturated rings. The van der Waals surface area contributed by atoms with Crippen molar-refractivity contribution in [3.05, 3.63) is 0 Å². The third kappa shape index (κ3) is 3.98. The van der Waals surface area contributed by atoms with Gasteiger partial charge in [0.05, 0.1) is 0 Å².